The normalized spacial score (nSPS) is 18.9. The Hall–Kier alpha value is -1.80. The highest BCUT2D eigenvalue weighted by Gasteiger charge is 2.26. The number of hydrogen-bond donors (Lipinski definition) is 0. The van der Waals surface area contributed by atoms with E-state index in [9.17, 15) is 0 Å². The number of rotatable bonds is 2. The van der Waals surface area contributed by atoms with E-state index in [1.165, 1.54) is 0 Å². The standard InChI is InChI=1S/C14H16ClN5/c1-9(2)20-12-5-13(15)17-7-11(12)14(18-20)19-4-3-10(6-16)8-19/h5,7,9-10H,3-4,8H2,1-2H3. The fraction of sp³-hybridized carbons (Fsp3) is 0.500. The van der Waals surface area contributed by atoms with Gasteiger partial charge in [0.25, 0.3) is 0 Å². The van der Waals surface area contributed by atoms with Gasteiger partial charge in [0, 0.05) is 31.4 Å². The monoisotopic (exact) mass is 289 g/mol. The maximum Gasteiger partial charge on any atom is 0.160 e. The zero-order chi connectivity index (χ0) is 14.3. The van der Waals surface area contributed by atoms with Gasteiger partial charge in [-0.25, -0.2) is 4.98 Å². The zero-order valence-electron chi connectivity index (χ0n) is 11.5. The average Bonchev–Trinajstić information content (AvgIpc) is 3.01. The summed E-state index contributed by atoms with van der Waals surface area (Å²) in [5, 5.41) is 15.2. The summed E-state index contributed by atoms with van der Waals surface area (Å²) < 4.78 is 1.97. The molecule has 2 aromatic heterocycles. The Morgan fingerprint density at radius 1 is 1.50 bits per heavy atom. The zero-order valence-corrected chi connectivity index (χ0v) is 12.3. The van der Waals surface area contributed by atoms with Crippen molar-refractivity contribution >= 4 is 28.3 Å². The Kier molecular flexibility index (Phi) is 3.27. The first kappa shape index (κ1) is 13.2. The second-order valence-electron chi connectivity index (χ2n) is 5.45. The van der Waals surface area contributed by atoms with E-state index in [4.69, 9.17) is 22.0 Å². The molecule has 0 aromatic carbocycles. The lowest BCUT2D eigenvalue weighted by molar-refractivity contribution is 0.549. The quantitative estimate of drug-likeness (QED) is 0.798. The van der Waals surface area contributed by atoms with Gasteiger partial charge in [0.05, 0.1) is 22.9 Å². The van der Waals surface area contributed by atoms with Crippen LogP contribution in [0.25, 0.3) is 10.9 Å². The second kappa shape index (κ2) is 4.95. The summed E-state index contributed by atoms with van der Waals surface area (Å²) in [5.74, 6) is 1.00. The van der Waals surface area contributed by atoms with E-state index >= 15 is 0 Å². The summed E-state index contributed by atoms with van der Waals surface area (Å²) in [6.45, 7) is 5.79. The van der Waals surface area contributed by atoms with Crippen molar-refractivity contribution in [2.45, 2.75) is 26.3 Å². The highest BCUT2D eigenvalue weighted by molar-refractivity contribution is 6.30. The van der Waals surface area contributed by atoms with Gasteiger partial charge in [0.1, 0.15) is 5.15 Å². The minimum Gasteiger partial charge on any atom is -0.353 e. The van der Waals surface area contributed by atoms with Gasteiger partial charge in [0.15, 0.2) is 5.82 Å². The molecular formula is C14H16ClN5. The van der Waals surface area contributed by atoms with Gasteiger partial charge in [-0.2, -0.15) is 10.4 Å². The fourth-order valence-corrected chi connectivity index (χ4v) is 2.83. The number of anilines is 1. The third-order valence-corrected chi connectivity index (χ3v) is 3.91. The molecule has 6 heteroatoms. The second-order valence-corrected chi connectivity index (χ2v) is 5.83. The summed E-state index contributed by atoms with van der Waals surface area (Å²) in [5.41, 5.74) is 0.996. The van der Waals surface area contributed by atoms with Crippen molar-refractivity contribution in [1.29, 1.82) is 5.26 Å². The van der Waals surface area contributed by atoms with Crippen molar-refractivity contribution in [3.8, 4) is 6.07 Å². The van der Waals surface area contributed by atoms with E-state index in [1.54, 1.807) is 6.20 Å². The minimum absolute atomic E-state index is 0.0921. The number of nitrogens with zero attached hydrogens (tertiary/aromatic N) is 5. The predicted molar refractivity (Wildman–Crippen MR) is 78.9 cm³/mol. The molecular weight excluding hydrogens is 274 g/mol. The number of nitriles is 1. The molecule has 0 amide bonds. The van der Waals surface area contributed by atoms with E-state index < -0.39 is 0 Å². The molecule has 0 saturated carbocycles. The van der Waals surface area contributed by atoms with Gasteiger partial charge < -0.3 is 4.90 Å². The Labute approximate surface area is 122 Å². The first-order valence-corrected chi connectivity index (χ1v) is 7.16. The van der Waals surface area contributed by atoms with E-state index in [2.05, 4.69) is 29.8 Å². The molecule has 1 fully saturated rings. The molecule has 1 saturated heterocycles. The van der Waals surface area contributed by atoms with Crippen molar-refractivity contribution in [2.24, 2.45) is 5.92 Å². The van der Waals surface area contributed by atoms with Crippen LogP contribution in [-0.4, -0.2) is 27.9 Å². The number of fused-ring (bicyclic) bond motifs is 1. The van der Waals surface area contributed by atoms with E-state index in [1.807, 2.05) is 10.7 Å². The summed E-state index contributed by atoms with van der Waals surface area (Å²) >= 11 is 6.00. The summed E-state index contributed by atoms with van der Waals surface area (Å²) in [6.07, 6.45) is 2.67. The molecule has 2 aromatic rings. The molecule has 0 aliphatic carbocycles. The Morgan fingerprint density at radius 3 is 2.95 bits per heavy atom. The largest absolute Gasteiger partial charge is 0.353 e. The van der Waals surface area contributed by atoms with Gasteiger partial charge in [-0.1, -0.05) is 11.6 Å². The van der Waals surface area contributed by atoms with Crippen LogP contribution in [0.5, 0.6) is 0 Å². The lowest BCUT2D eigenvalue weighted by atomic mass is 10.1. The third-order valence-electron chi connectivity index (χ3n) is 3.70. The van der Waals surface area contributed by atoms with Crippen LogP contribution >= 0.6 is 11.6 Å². The predicted octanol–water partition coefficient (Wildman–Crippen LogP) is 3.02. The molecule has 0 radical (unpaired) electrons. The lowest BCUT2D eigenvalue weighted by Gasteiger charge is -2.14. The van der Waals surface area contributed by atoms with E-state index in [0.29, 0.717) is 5.15 Å². The molecule has 3 rings (SSSR count). The Morgan fingerprint density at radius 2 is 2.30 bits per heavy atom. The van der Waals surface area contributed by atoms with E-state index in [-0.39, 0.29) is 12.0 Å². The molecule has 0 spiro atoms. The Bertz CT molecular complexity index is 685. The first-order chi connectivity index (χ1) is 9.60. The van der Waals surface area contributed by atoms with Crippen molar-refractivity contribution in [3.63, 3.8) is 0 Å². The Balaban J connectivity index is 2.10. The molecule has 0 N–H and O–H groups in total. The fourth-order valence-electron chi connectivity index (χ4n) is 2.68. The van der Waals surface area contributed by atoms with Crippen molar-refractivity contribution in [1.82, 2.24) is 14.8 Å². The SMILES string of the molecule is CC(C)n1nc(N2CCC(C#N)C2)c2cnc(Cl)cc21. The highest BCUT2D eigenvalue weighted by Crippen LogP contribution is 2.32. The first-order valence-electron chi connectivity index (χ1n) is 6.78. The van der Waals surface area contributed by atoms with E-state index in [0.717, 1.165) is 36.2 Å². The van der Waals surface area contributed by atoms with Crippen LogP contribution in [-0.2, 0) is 0 Å². The summed E-state index contributed by atoms with van der Waals surface area (Å²) in [6, 6.07) is 4.44. The molecule has 1 unspecified atom stereocenters. The van der Waals surface area contributed by atoms with Crippen LogP contribution < -0.4 is 4.90 Å². The van der Waals surface area contributed by atoms with Gasteiger partial charge in [-0.15, -0.1) is 0 Å². The maximum absolute atomic E-state index is 9.04. The molecule has 104 valence electrons. The molecule has 1 aliphatic heterocycles. The van der Waals surface area contributed by atoms with Crippen LogP contribution in [0.2, 0.25) is 5.15 Å². The van der Waals surface area contributed by atoms with Crippen molar-refractivity contribution in [3.05, 3.63) is 17.4 Å². The number of aromatic nitrogens is 3. The number of halogens is 1. The van der Waals surface area contributed by atoms with Gasteiger partial charge in [-0.05, 0) is 20.3 Å². The lowest BCUT2D eigenvalue weighted by Crippen LogP contribution is -2.20. The molecule has 5 nitrogen and oxygen atoms in total. The number of pyridine rings is 1. The van der Waals surface area contributed by atoms with Crippen LogP contribution in [0.4, 0.5) is 5.82 Å². The van der Waals surface area contributed by atoms with Gasteiger partial charge in [0.2, 0.25) is 0 Å². The van der Waals surface area contributed by atoms with Gasteiger partial charge >= 0.3 is 0 Å². The van der Waals surface area contributed by atoms with Crippen LogP contribution in [0.3, 0.4) is 0 Å². The highest BCUT2D eigenvalue weighted by atomic mass is 35.5. The smallest absolute Gasteiger partial charge is 0.160 e. The summed E-state index contributed by atoms with van der Waals surface area (Å²) in [4.78, 5) is 6.34. The van der Waals surface area contributed by atoms with Crippen molar-refractivity contribution in [2.75, 3.05) is 18.0 Å². The maximum atomic E-state index is 9.04. The van der Waals surface area contributed by atoms with Crippen LogP contribution in [0.1, 0.15) is 26.3 Å². The topological polar surface area (TPSA) is 57.7 Å². The molecule has 20 heavy (non-hydrogen) atoms. The molecule has 1 aliphatic rings. The average molecular weight is 290 g/mol. The third kappa shape index (κ3) is 2.10. The minimum atomic E-state index is 0.0921. The van der Waals surface area contributed by atoms with Crippen LogP contribution in [0, 0.1) is 17.2 Å². The molecule has 0 bridgehead atoms. The molecule has 1 atom stereocenters. The van der Waals surface area contributed by atoms with Gasteiger partial charge in [-0.3, -0.25) is 4.68 Å². The van der Waals surface area contributed by atoms with Crippen molar-refractivity contribution < 1.29 is 0 Å². The number of hydrogen-bond acceptors (Lipinski definition) is 4. The molecule has 3 heterocycles. The van der Waals surface area contributed by atoms with Crippen LogP contribution in [0.15, 0.2) is 12.3 Å². The summed E-state index contributed by atoms with van der Waals surface area (Å²) in [7, 11) is 0.